The van der Waals surface area contributed by atoms with Crippen LogP contribution in [0.2, 0.25) is 0 Å². The van der Waals surface area contributed by atoms with Crippen molar-refractivity contribution in [3.8, 4) is 0 Å². The maximum absolute atomic E-state index is 12.3. The number of aliphatic hydroxyl groups is 1. The summed E-state index contributed by atoms with van der Waals surface area (Å²) in [5.74, 6) is 0. The Labute approximate surface area is 113 Å². The second-order valence-corrected chi connectivity index (χ2v) is 8.76. The van der Waals surface area contributed by atoms with Crippen molar-refractivity contribution in [2.75, 3.05) is 13.1 Å². The average Bonchev–Trinajstić information content (AvgIpc) is 2.54. The van der Waals surface area contributed by atoms with E-state index in [4.69, 9.17) is 0 Å². The molecule has 0 radical (unpaired) electrons. The third-order valence-corrected chi connectivity index (χ3v) is 5.90. The number of hydrogen-bond acceptors (Lipinski definition) is 3. The van der Waals surface area contributed by atoms with Crippen LogP contribution in [-0.4, -0.2) is 39.3 Å². The second-order valence-electron chi connectivity index (χ2n) is 6.76. The van der Waals surface area contributed by atoms with Gasteiger partial charge in [0.05, 0.1) is 21.8 Å². The molecular weight excluding hydrogens is 248 g/mol. The summed E-state index contributed by atoms with van der Waals surface area (Å²) in [5.41, 5.74) is 0.144. The molecule has 0 unspecified atom stereocenters. The number of piperidine rings is 1. The molecule has 2 aliphatic rings. The Morgan fingerprint density at radius 3 is 2.50 bits per heavy atom. The van der Waals surface area contributed by atoms with Gasteiger partial charge in [-0.15, -0.1) is 0 Å². The van der Waals surface area contributed by atoms with Crippen LogP contribution in [0.4, 0.5) is 0 Å². The highest BCUT2D eigenvalue weighted by Gasteiger charge is 2.48. The van der Waals surface area contributed by atoms with Gasteiger partial charge in [0, 0.05) is 6.04 Å². The maximum atomic E-state index is 12.3. The fourth-order valence-electron chi connectivity index (χ4n) is 3.17. The second kappa shape index (κ2) is 5.19. The van der Waals surface area contributed by atoms with Gasteiger partial charge in [-0.25, -0.2) is 8.93 Å². The van der Waals surface area contributed by atoms with Gasteiger partial charge < -0.3 is 10.4 Å². The van der Waals surface area contributed by atoms with Crippen molar-refractivity contribution in [1.82, 2.24) is 10.0 Å². The normalized spacial score (nSPS) is 33.8. The van der Waals surface area contributed by atoms with Gasteiger partial charge in [-0.05, 0) is 65.0 Å². The molecular formula is C13H26N2O2S. The lowest BCUT2D eigenvalue weighted by Crippen LogP contribution is -2.50. The van der Waals surface area contributed by atoms with Crippen molar-refractivity contribution in [3.05, 3.63) is 0 Å². The number of nitrogens with one attached hydrogen (secondary N) is 2. The van der Waals surface area contributed by atoms with Gasteiger partial charge >= 0.3 is 0 Å². The highest BCUT2D eigenvalue weighted by molar-refractivity contribution is 7.84. The fraction of sp³-hybridized carbons (Fsp3) is 1.00. The van der Waals surface area contributed by atoms with Gasteiger partial charge in [-0.1, -0.05) is 0 Å². The van der Waals surface area contributed by atoms with E-state index in [1.54, 1.807) is 0 Å². The Hall–Kier alpha value is 0.0300. The number of rotatable bonds is 2. The zero-order chi connectivity index (χ0) is 13.4. The highest BCUT2D eigenvalue weighted by atomic mass is 32.2. The fourth-order valence-corrected chi connectivity index (χ4v) is 4.13. The summed E-state index contributed by atoms with van der Waals surface area (Å²) in [5, 5.41) is 13.3. The molecule has 0 aromatic rings. The lowest BCUT2D eigenvalue weighted by Gasteiger charge is -2.40. The minimum Gasteiger partial charge on any atom is -0.393 e. The van der Waals surface area contributed by atoms with Gasteiger partial charge in [0.2, 0.25) is 0 Å². The zero-order valence-corrected chi connectivity index (χ0v) is 12.5. The largest absolute Gasteiger partial charge is 0.393 e. The molecule has 0 aromatic carbocycles. The van der Waals surface area contributed by atoms with E-state index in [-0.39, 0.29) is 22.3 Å². The molecule has 1 aliphatic heterocycles. The van der Waals surface area contributed by atoms with Crippen molar-refractivity contribution in [3.63, 3.8) is 0 Å². The van der Waals surface area contributed by atoms with Gasteiger partial charge in [-0.3, -0.25) is 0 Å². The molecule has 0 bridgehead atoms. The lowest BCUT2D eigenvalue weighted by atomic mass is 9.75. The predicted octanol–water partition coefficient (Wildman–Crippen LogP) is 0.931. The first-order valence-corrected chi connectivity index (χ1v) is 8.05. The summed E-state index contributed by atoms with van der Waals surface area (Å²) in [7, 11) is -1.05. The molecule has 0 aromatic heterocycles. The molecule has 5 heteroatoms. The first-order chi connectivity index (χ1) is 8.33. The van der Waals surface area contributed by atoms with Crippen molar-refractivity contribution in [2.24, 2.45) is 5.41 Å². The monoisotopic (exact) mass is 274 g/mol. The SMILES string of the molecule is CC(C)(C)[S@](=O)N[C@@H]1C[C@@H](O)CC12CCNCC2. The van der Waals surface area contributed by atoms with E-state index in [2.05, 4.69) is 10.0 Å². The van der Waals surface area contributed by atoms with Crippen molar-refractivity contribution in [2.45, 2.75) is 63.3 Å². The van der Waals surface area contributed by atoms with Crippen molar-refractivity contribution >= 4 is 11.0 Å². The van der Waals surface area contributed by atoms with Crippen LogP contribution in [-0.2, 0) is 11.0 Å². The summed E-state index contributed by atoms with van der Waals surface area (Å²) in [4.78, 5) is 0. The molecule has 0 amide bonds. The van der Waals surface area contributed by atoms with Gasteiger partial charge in [-0.2, -0.15) is 0 Å². The standard InChI is InChI=1S/C13H26N2O2S/c1-12(2,3)18(17)15-11-8-10(16)9-13(11)4-6-14-7-5-13/h10-11,14-16H,4-9H2,1-3H3/t10-,11-,18+/m1/s1. The van der Waals surface area contributed by atoms with E-state index in [0.29, 0.717) is 0 Å². The van der Waals surface area contributed by atoms with Crippen LogP contribution >= 0.6 is 0 Å². The van der Waals surface area contributed by atoms with E-state index in [1.165, 1.54) is 0 Å². The lowest BCUT2D eigenvalue weighted by molar-refractivity contribution is 0.133. The zero-order valence-electron chi connectivity index (χ0n) is 11.7. The molecule has 2 fully saturated rings. The molecule has 18 heavy (non-hydrogen) atoms. The first kappa shape index (κ1) is 14.4. The topological polar surface area (TPSA) is 61.4 Å². The van der Waals surface area contributed by atoms with Crippen LogP contribution in [0.3, 0.4) is 0 Å². The summed E-state index contributed by atoms with van der Waals surface area (Å²) in [6, 6.07) is 0.189. The van der Waals surface area contributed by atoms with E-state index in [1.807, 2.05) is 20.8 Å². The highest BCUT2D eigenvalue weighted by Crippen LogP contribution is 2.45. The molecule has 1 aliphatic carbocycles. The van der Waals surface area contributed by atoms with E-state index >= 15 is 0 Å². The summed E-state index contributed by atoms with van der Waals surface area (Å²) < 4.78 is 15.3. The van der Waals surface area contributed by atoms with Crippen molar-refractivity contribution in [1.29, 1.82) is 0 Å². The van der Waals surface area contributed by atoms with Crippen LogP contribution < -0.4 is 10.0 Å². The predicted molar refractivity (Wildman–Crippen MR) is 74.6 cm³/mol. The van der Waals surface area contributed by atoms with Gasteiger partial charge in [0.25, 0.3) is 0 Å². The summed E-state index contributed by atoms with van der Waals surface area (Å²) in [6.45, 7) is 7.96. The molecule has 4 nitrogen and oxygen atoms in total. The molecule has 2 rings (SSSR count). The van der Waals surface area contributed by atoms with Crippen LogP contribution in [0.5, 0.6) is 0 Å². The minimum absolute atomic E-state index is 0.144. The van der Waals surface area contributed by atoms with E-state index in [9.17, 15) is 9.32 Å². The Morgan fingerprint density at radius 1 is 1.33 bits per heavy atom. The molecule has 1 saturated heterocycles. The third-order valence-electron chi connectivity index (χ3n) is 4.29. The Morgan fingerprint density at radius 2 is 1.94 bits per heavy atom. The molecule has 1 spiro atoms. The van der Waals surface area contributed by atoms with Crippen LogP contribution in [0.15, 0.2) is 0 Å². The van der Waals surface area contributed by atoms with Gasteiger partial charge in [0.15, 0.2) is 0 Å². The van der Waals surface area contributed by atoms with Crippen molar-refractivity contribution < 1.29 is 9.32 Å². The molecule has 1 heterocycles. The van der Waals surface area contributed by atoms with Gasteiger partial charge in [0.1, 0.15) is 0 Å². The van der Waals surface area contributed by atoms with Crippen LogP contribution in [0.1, 0.15) is 46.5 Å². The smallest absolute Gasteiger partial charge is 0.0972 e. The first-order valence-electron chi connectivity index (χ1n) is 6.90. The number of aliphatic hydroxyl groups excluding tert-OH is 1. The van der Waals surface area contributed by atoms with E-state index < -0.39 is 11.0 Å². The maximum Gasteiger partial charge on any atom is 0.0972 e. The number of hydrogen-bond donors (Lipinski definition) is 3. The molecule has 106 valence electrons. The Balaban J connectivity index is 2.08. The molecule has 3 atom stereocenters. The Kier molecular flexibility index (Phi) is 4.17. The summed E-state index contributed by atoms with van der Waals surface area (Å²) in [6.07, 6.45) is 3.50. The van der Waals surface area contributed by atoms with Crippen LogP contribution in [0, 0.1) is 5.41 Å². The summed E-state index contributed by atoms with van der Waals surface area (Å²) >= 11 is 0. The molecule has 1 saturated carbocycles. The molecule has 3 N–H and O–H groups in total. The quantitative estimate of drug-likeness (QED) is 0.702. The van der Waals surface area contributed by atoms with E-state index in [0.717, 1.165) is 38.8 Å². The third kappa shape index (κ3) is 2.95. The minimum atomic E-state index is -1.05. The average molecular weight is 274 g/mol. The Bertz CT molecular complexity index is 321. The van der Waals surface area contributed by atoms with Crippen LogP contribution in [0.25, 0.3) is 0 Å².